The van der Waals surface area contributed by atoms with E-state index in [-0.39, 0.29) is 16.6 Å². The summed E-state index contributed by atoms with van der Waals surface area (Å²) in [7, 11) is -3.89. The Balaban J connectivity index is 1.94. The quantitative estimate of drug-likeness (QED) is 0.811. The van der Waals surface area contributed by atoms with Crippen LogP contribution in [-0.2, 0) is 21.3 Å². The van der Waals surface area contributed by atoms with Crippen LogP contribution in [0.15, 0.2) is 53.4 Å². The molecule has 0 unspecified atom stereocenters. The molecule has 1 amide bonds. The van der Waals surface area contributed by atoms with Crippen molar-refractivity contribution in [1.82, 2.24) is 0 Å². The summed E-state index contributed by atoms with van der Waals surface area (Å²) in [6, 6.07) is 13.2. The number of carbonyl (C=O) groups excluding carboxylic acids is 1. The van der Waals surface area contributed by atoms with Gasteiger partial charge in [-0.15, -0.1) is 0 Å². The maximum absolute atomic E-state index is 12.4. The molecule has 1 heterocycles. The summed E-state index contributed by atoms with van der Waals surface area (Å²) in [6.45, 7) is 2.17. The molecule has 1 aliphatic heterocycles. The number of nitrogens with zero attached hydrogens (tertiary/aromatic N) is 1. The van der Waals surface area contributed by atoms with Crippen LogP contribution in [0.1, 0.15) is 18.9 Å². The molecule has 6 heteroatoms. The van der Waals surface area contributed by atoms with Crippen LogP contribution >= 0.6 is 0 Å². The van der Waals surface area contributed by atoms with Gasteiger partial charge in [0.05, 0.1) is 0 Å². The molecule has 0 saturated carbocycles. The molecule has 0 bridgehead atoms. The van der Waals surface area contributed by atoms with Crippen molar-refractivity contribution in [3.8, 4) is 5.75 Å². The van der Waals surface area contributed by atoms with Crippen LogP contribution < -0.4 is 9.08 Å². The number of benzene rings is 2. The minimum absolute atomic E-state index is 0.0397. The molecule has 3 rings (SSSR count). The average molecular weight is 331 g/mol. The monoisotopic (exact) mass is 331 g/mol. The first-order valence-electron chi connectivity index (χ1n) is 7.38. The van der Waals surface area contributed by atoms with Crippen molar-refractivity contribution < 1.29 is 17.4 Å². The predicted octanol–water partition coefficient (Wildman–Crippen LogP) is 2.75. The van der Waals surface area contributed by atoms with Crippen molar-refractivity contribution in [2.24, 2.45) is 0 Å². The number of aryl methyl sites for hydroxylation is 1. The molecule has 2 aromatic carbocycles. The molecular formula is C17H17NO4S. The predicted molar refractivity (Wildman–Crippen MR) is 87.0 cm³/mol. The summed E-state index contributed by atoms with van der Waals surface area (Å²) >= 11 is 0. The van der Waals surface area contributed by atoms with E-state index in [1.54, 1.807) is 47.4 Å². The van der Waals surface area contributed by atoms with Crippen LogP contribution in [0.5, 0.6) is 5.75 Å². The van der Waals surface area contributed by atoms with Crippen LogP contribution in [0.25, 0.3) is 0 Å². The van der Waals surface area contributed by atoms with E-state index in [0.29, 0.717) is 6.54 Å². The highest BCUT2D eigenvalue weighted by molar-refractivity contribution is 7.87. The highest BCUT2D eigenvalue weighted by Gasteiger charge is 2.24. The lowest BCUT2D eigenvalue weighted by Crippen LogP contribution is -2.33. The van der Waals surface area contributed by atoms with Gasteiger partial charge in [0.1, 0.15) is 10.6 Å². The highest BCUT2D eigenvalue weighted by atomic mass is 32.2. The van der Waals surface area contributed by atoms with Crippen LogP contribution in [0.4, 0.5) is 5.69 Å². The number of rotatable bonds is 3. The molecule has 0 spiro atoms. The zero-order chi connectivity index (χ0) is 16.4. The minimum atomic E-state index is -3.89. The molecule has 0 aromatic heterocycles. The molecule has 0 radical (unpaired) electrons. The van der Waals surface area contributed by atoms with Crippen molar-refractivity contribution in [1.29, 1.82) is 0 Å². The van der Waals surface area contributed by atoms with Gasteiger partial charge in [0.2, 0.25) is 5.91 Å². The first-order chi connectivity index (χ1) is 11.0. The lowest BCUT2D eigenvalue weighted by molar-refractivity contribution is -0.116. The Morgan fingerprint density at radius 2 is 1.87 bits per heavy atom. The minimum Gasteiger partial charge on any atom is -0.379 e. The summed E-state index contributed by atoms with van der Waals surface area (Å²) in [5, 5.41) is 0. The van der Waals surface area contributed by atoms with Gasteiger partial charge >= 0.3 is 10.1 Å². The third kappa shape index (κ3) is 3.22. The molecule has 23 heavy (non-hydrogen) atoms. The summed E-state index contributed by atoms with van der Waals surface area (Å²) in [4.78, 5) is 13.4. The molecule has 0 aliphatic carbocycles. The Bertz CT molecular complexity index is 831. The van der Waals surface area contributed by atoms with Gasteiger partial charge in [-0.1, -0.05) is 18.2 Å². The van der Waals surface area contributed by atoms with Gasteiger partial charge in [-0.25, -0.2) is 0 Å². The fraction of sp³-hybridized carbons (Fsp3) is 0.235. The zero-order valence-electron chi connectivity index (χ0n) is 12.7. The number of fused-ring (bicyclic) bond motifs is 1. The van der Waals surface area contributed by atoms with Gasteiger partial charge in [-0.3, -0.25) is 4.79 Å². The zero-order valence-corrected chi connectivity index (χ0v) is 13.5. The van der Waals surface area contributed by atoms with Crippen LogP contribution in [0.2, 0.25) is 0 Å². The number of anilines is 1. The molecule has 1 aliphatic rings. The largest absolute Gasteiger partial charge is 0.379 e. The number of carbonyl (C=O) groups is 1. The first kappa shape index (κ1) is 15.6. The van der Waals surface area contributed by atoms with E-state index in [2.05, 4.69) is 0 Å². The van der Waals surface area contributed by atoms with Gasteiger partial charge in [0.25, 0.3) is 0 Å². The first-order valence-corrected chi connectivity index (χ1v) is 8.79. The van der Waals surface area contributed by atoms with Crippen LogP contribution in [0.3, 0.4) is 0 Å². The molecule has 120 valence electrons. The number of hydrogen-bond acceptors (Lipinski definition) is 4. The lowest BCUT2D eigenvalue weighted by Gasteiger charge is -2.28. The molecule has 5 nitrogen and oxygen atoms in total. The fourth-order valence-corrected chi connectivity index (χ4v) is 3.69. The van der Waals surface area contributed by atoms with Crippen molar-refractivity contribution in [3.63, 3.8) is 0 Å². The van der Waals surface area contributed by atoms with Crippen molar-refractivity contribution >= 4 is 21.7 Å². The Morgan fingerprint density at radius 3 is 2.57 bits per heavy atom. The third-order valence-electron chi connectivity index (χ3n) is 3.79. The summed E-state index contributed by atoms with van der Waals surface area (Å²) in [6.07, 6.45) is 1.56. The SMILES string of the molecule is CC(=O)N1CCCc2cc(S(=O)(=O)Oc3ccccc3)ccc21. The van der Waals surface area contributed by atoms with E-state index < -0.39 is 10.1 Å². The lowest BCUT2D eigenvalue weighted by atomic mass is 10.0. The Labute approximate surface area is 135 Å². The molecule has 0 saturated heterocycles. The van der Waals surface area contributed by atoms with Gasteiger partial charge in [0, 0.05) is 19.2 Å². The van der Waals surface area contributed by atoms with E-state index >= 15 is 0 Å². The maximum Gasteiger partial charge on any atom is 0.339 e. The van der Waals surface area contributed by atoms with Crippen molar-refractivity contribution in [2.75, 3.05) is 11.4 Å². The molecule has 0 atom stereocenters. The van der Waals surface area contributed by atoms with E-state index in [1.165, 1.54) is 13.0 Å². The Morgan fingerprint density at radius 1 is 1.13 bits per heavy atom. The average Bonchev–Trinajstić information content (AvgIpc) is 2.54. The standard InChI is InChI=1S/C17H17NO4S/c1-13(19)18-11-5-6-14-12-16(9-10-17(14)18)23(20,21)22-15-7-3-2-4-8-15/h2-4,7-10,12H,5-6,11H2,1H3. The smallest absolute Gasteiger partial charge is 0.339 e. The number of hydrogen-bond donors (Lipinski definition) is 0. The van der Waals surface area contributed by atoms with E-state index in [1.807, 2.05) is 0 Å². The van der Waals surface area contributed by atoms with Crippen LogP contribution in [0, 0.1) is 0 Å². The van der Waals surface area contributed by atoms with E-state index in [4.69, 9.17) is 4.18 Å². The molecular weight excluding hydrogens is 314 g/mol. The summed E-state index contributed by atoms with van der Waals surface area (Å²) in [5.41, 5.74) is 1.63. The topological polar surface area (TPSA) is 63.7 Å². The number of para-hydroxylation sites is 1. The van der Waals surface area contributed by atoms with Gasteiger partial charge in [0.15, 0.2) is 0 Å². The highest BCUT2D eigenvalue weighted by Crippen LogP contribution is 2.30. The Kier molecular flexibility index (Phi) is 4.09. The Hall–Kier alpha value is -2.34. The normalized spacial score (nSPS) is 14.2. The molecule has 0 N–H and O–H groups in total. The van der Waals surface area contributed by atoms with Crippen molar-refractivity contribution in [3.05, 3.63) is 54.1 Å². The summed E-state index contributed by atoms with van der Waals surface area (Å²) < 4.78 is 29.9. The molecule has 2 aromatic rings. The fourth-order valence-electron chi connectivity index (χ4n) is 2.71. The number of amides is 1. The third-order valence-corrected chi connectivity index (χ3v) is 5.03. The van der Waals surface area contributed by atoms with E-state index in [0.717, 1.165) is 24.1 Å². The van der Waals surface area contributed by atoms with Crippen molar-refractivity contribution in [2.45, 2.75) is 24.7 Å². The van der Waals surface area contributed by atoms with Gasteiger partial charge < -0.3 is 9.08 Å². The maximum atomic E-state index is 12.4. The van der Waals surface area contributed by atoms with Gasteiger partial charge in [-0.2, -0.15) is 8.42 Å². The second kappa shape index (κ2) is 6.04. The summed E-state index contributed by atoms with van der Waals surface area (Å²) in [5.74, 6) is 0.234. The second-order valence-electron chi connectivity index (χ2n) is 5.42. The molecule has 0 fully saturated rings. The second-order valence-corrected chi connectivity index (χ2v) is 6.96. The van der Waals surface area contributed by atoms with Crippen LogP contribution in [-0.4, -0.2) is 20.9 Å². The van der Waals surface area contributed by atoms with E-state index in [9.17, 15) is 13.2 Å². The van der Waals surface area contributed by atoms with Gasteiger partial charge in [-0.05, 0) is 48.7 Å².